The van der Waals surface area contributed by atoms with E-state index in [-0.39, 0.29) is 5.75 Å². The van der Waals surface area contributed by atoms with Crippen molar-refractivity contribution < 1.29 is 8.42 Å². The van der Waals surface area contributed by atoms with Gasteiger partial charge in [0.05, 0.1) is 5.75 Å². The lowest BCUT2D eigenvalue weighted by molar-refractivity contribution is 0.604. The molecule has 0 spiro atoms. The smallest absolute Gasteiger partial charge is 0.236 e. The lowest BCUT2D eigenvalue weighted by Crippen LogP contribution is -2.14. The molecular weight excluding hydrogens is 222 g/mol. The van der Waals surface area contributed by atoms with Crippen molar-refractivity contribution in [3.8, 4) is 0 Å². The Labute approximate surface area is 88.5 Å². The van der Waals surface area contributed by atoms with Crippen molar-refractivity contribution in [3.05, 3.63) is 41.9 Å². The summed E-state index contributed by atoms with van der Waals surface area (Å²) in [6, 6.07) is 6.44. The van der Waals surface area contributed by atoms with E-state index < -0.39 is 10.0 Å². The van der Waals surface area contributed by atoms with Crippen LogP contribution in [0.15, 0.2) is 36.9 Å². The van der Waals surface area contributed by atoms with Gasteiger partial charge >= 0.3 is 0 Å². The highest BCUT2D eigenvalue weighted by atomic mass is 35.5. The Morgan fingerprint density at radius 2 is 1.93 bits per heavy atom. The summed E-state index contributed by atoms with van der Waals surface area (Å²) in [5.74, 6) is -0.102. The topological polar surface area (TPSA) is 46.2 Å². The van der Waals surface area contributed by atoms with Crippen LogP contribution in [0, 0.1) is 0 Å². The second-order valence-corrected chi connectivity index (χ2v) is 4.88. The Kier molecular flexibility index (Phi) is 3.55. The molecule has 0 aliphatic heterocycles. The quantitative estimate of drug-likeness (QED) is 0.808. The van der Waals surface area contributed by atoms with Gasteiger partial charge in [-0.1, -0.05) is 17.7 Å². The second kappa shape index (κ2) is 4.48. The summed E-state index contributed by atoms with van der Waals surface area (Å²) in [7, 11) is -3.31. The molecular formula is C9H10ClNO2S. The highest BCUT2D eigenvalue weighted by Crippen LogP contribution is 2.14. The van der Waals surface area contributed by atoms with E-state index in [1.807, 2.05) is 0 Å². The fourth-order valence-electron chi connectivity index (χ4n) is 0.894. The van der Waals surface area contributed by atoms with Gasteiger partial charge in [-0.05, 0) is 24.3 Å². The number of anilines is 1. The molecule has 0 saturated carbocycles. The van der Waals surface area contributed by atoms with Gasteiger partial charge in [-0.2, -0.15) is 0 Å². The number of hydrogen-bond donors (Lipinski definition) is 1. The largest absolute Gasteiger partial charge is 0.283 e. The molecule has 0 fully saturated rings. The van der Waals surface area contributed by atoms with Gasteiger partial charge < -0.3 is 0 Å². The Morgan fingerprint density at radius 3 is 2.43 bits per heavy atom. The van der Waals surface area contributed by atoms with Crippen LogP contribution in [0.1, 0.15) is 0 Å². The van der Waals surface area contributed by atoms with Crippen molar-refractivity contribution in [2.24, 2.45) is 0 Å². The van der Waals surface area contributed by atoms with Crippen LogP contribution in [0.4, 0.5) is 5.69 Å². The summed E-state index contributed by atoms with van der Waals surface area (Å²) in [6.07, 6.45) is 1.33. The van der Waals surface area contributed by atoms with Gasteiger partial charge in [0.15, 0.2) is 0 Å². The highest BCUT2D eigenvalue weighted by molar-refractivity contribution is 7.92. The van der Waals surface area contributed by atoms with Crippen LogP contribution in [0.3, 0.4) is 0 Å². The number of halogens is 1. The second-order valence-electron chi connectivity index (χ2n) is 2.68. The van der Waals surface area contributed by atoms with Crippen molar-refractivity contribution >= 4 is 27.3 Å². The van der Waals surface area contributed by atoms with Gasteiger partial charge in [0.2, 0.25) is 10.0 Å². The molecule has 1 rings (SSSR count). The molecule has 76 valence electrons. The van der Waals surface area contributed by atoms with E-state index in [1.54, 1.807) is 24.3 Å². The lowest BCUT2D eigenvalue weighted by Gasteiger charge is -2.05. The predicted molar refractivity (Wildman–Crippen MR) is 59.1 cm³/mol. The first-order valence-corrected chi connectivity index (χ1v) is 5.93. The molecule has 0 amide bonds. The molecule has 0 atom stereocenters. The monoisotopic (exact) mass is 231 g/mol. The minimum Gasteiger partial charge on any atom is -0.283 e. The van der Waals surface area contributed by atoms with Crippen molar-refractivity contribution in [2.75, 3.05) is 10.5 Å². The number of benzene rings is 1. The Hall–Kier alpha value is -1.00. The molecule has 0 heterocycles. The summed E-state index contributed by atoms with van der Waals surface area (Å²) in [6.45, 7) is 3.36. The van der Waals surface area contributed by atoms with E-state index in [2.05, 4.69) is 11.3 Å². The Balaban J connectivity index is 2.79. The fraction of sp³-hybridized carbons (Fsp3) is 0.111. The third-order valence-corrected chi connectivity index (χ3v) is 2.93. The number of nitrogens with one attached hydrogen (secondary N) is 1. The molecule has 0 aliphatic carbocycles. The molecule has 0 unspecified atom stereocenters. The summed E-state index contributed by atoms with van der Waals surface area (Å²) in [5, 5.41) is 0.566. The van der Waals surface area contributed by atoms with Crippen molar-refractivity contribution in [1.82, 2.24) is 0 Å². The Morgan fingerprint density at radius 1 is 1.36 bits per heavy atom. The van der Waals surface area contributed by atoms with E-state index in [0.717, 1.165) is 0 Å². The molecule has 3 nitrogen and oxygen atoms in total. The Bertz CT molecular complexity index is 411. The minimum atomic E-state index is -3.31. The fourth-order valence-corrected chi connectivity index (χ4v) is 1.91. The van der Waals surface area contributed by atoms with E-state index in [0.29, 0.717) is 10.7 Å². The normalized spacial score (nSPS) is 10.9. The van der Waals surface area contributed by atoms with Gasteiger partial charge in [-0.15, -0.1) is 6.58 Å². The third kappa shape index (κ3) is 3.40. The maximum Gasteiger partial charge on any atom is 0.236 e. The van der Waals surface area contributed by atoms with Crippen molar-refractivity contribution in [2.45, 2.75) is 0 Å². The number of hydrogen-bond acceptors (Lipinski definition) is 2. The van der Waals surface area contributed by atoms with Crippen LogP contribution in [-0.4, -0.2) is 14.2 Å². The molecule has 0 saturated heterocycles. The first-order valence-electron chi connectivity index (χ1n) is 3.90. The van der Waals surface area contributed by atoms with Crippen molar-refractivity contribution in [1.29, 1.82) is 0 Å². The van der Waals surface area contributed by atoms with Crippen molar-refractivity contribution in [3.63, 3.8) is 0 Å². The molecule has 0 aromatic heterocycles. The highest BCUT2D eigenvalue weighted by Gasteiger charge is 2.06. The predicted octanol–water partition coefficient (Wildman–Crippen LogP) is 2.27. The molecule has 0 radical (unpaired) electrons. The maximum absolute atomic E-state index is 11.3. The molecule has 0 bridgehead atoms. The van der Waals surface area contributed by atoms with E-state index in [1.165, 1.54) is 6.08 Å². The van der Waals surface area contributed by atoms with Gasteiger partial charge in [0, 0.05) is 10.7 Å². The third-order valence-electron chi connectivity index (χ3n) is 1.45. The average Bonchev–Trinajstić information content (AvgIpc) is 2.08. The van der Waals surface area contributed by atoms with Crippen LogP contribution < -0.4 is 4.72 Å². The van der Waals surface area contributed by atoms with Gasteiger partial charge in [-0.3, -0.25) is 4.72 Å². The van der Waals surface area contributed by atoms with E-state index in [4.69, 9.17) is 11.6 Å². The summed E-state index contributed by atoms with van der Waals surface area (Å²) in [4.78, 5) is 0. The average molecular weight is 232 g/mol. The van der Waals surface area contributed by atoms with Crippen LogP contribution >= 0.6 is 11.6 Å². The summed E-state index contributed by atoms with van der Waals surface area (Å²) in [5.41, 5.74) is 0.497. The zero-order valence-corrected chi connectivity index (χ0v) is 8.98. The molecule has 1 N–H and O–H groups in total. The maximum atomic E-state index is 11.3. The first-order chi connectivity index (χ1) is 6.53. The molecule has 5 heteroatoms. The van der Waals surface area contributed by atoms with Gasteiger partial charge in [0.1, 0.15) is 0 Å². The minimum absolute atomic E-state index is 0.102. The zero-order valence-electron chi connectivity index (χ0n) is 7.40. The lowest BCUT2D eigenvalue weighted by atomic mass is 10.3. The van der Waals surface area contributed by atoms with Crippen LogP contribution in [0.25, 0.3) is 0 Å². The summed E-state index contributed by atoms with van der Waals surface area (Å²) < 4.78 is 24.9. The number of rotatable bonds is 4. The SMILES string of the molecule is C=CCS(=O)(=O)Nc1ccc(Cl)cc1. The molecule has 1 aromatic carbocycles. The standard InChI is InChI=1S/C9H10ClNO2S/c1-2-7-14(12,13)11-9-5-3-8(10)4-6-9/h2-6,11H,1,7H2. The van der Waals surface area contributed by atoms with Crippen LogP contribution in [0.5, 0.6) is 0 Å². The van der Waals surface area contributed by atoms with Gasteiger partial charge in [-0.25, -0.2) is 8.42 Å². The molecule has 14 heavy (non-hydrogen) atoms. The summed E-state index contributed by atoms with van der Waals surface area (Å²) >= 11 is 5.65. The van der Waals surface area contributed by atoms with Gasteiger partial charge in [0.25, 0.3) is 0 Å². The van der Waals surface area contributed by atoms with E-state index >= 15 is 0 Å². The molecule has 1 aromatic rings. The zero-order chi connectivity index (χ0) is 10.6. The van der Waals surface area contributed by atoms with Crippen LogP contribution in [-0.2, 0) is 10.0 Å². The number of sulfonamides is 1. The van der Waals surface area contributed by atoms with E-state index in [9.17, 15) is 8.42 Å². The van der Waals surface area contributed by atoms with Crippen LogP contribution in [0.2, 0.25) is 5.02 Å². The first kappa shape index (κ1) is 11.1. The molecule has 0 aliphatic rings.